The largest absolute Gasteiger partial charge is 0.381 e. The highest BCUT2D eigenvalue weighted by molar-refractivity contribution is 6.20. The quantitative estimate of drug-likeness (QED) is 0.793. The summed E-state index contributed by atoms with van der Waals surface area (Å²) in [5.74, 6) is 0.547. The second-order valence-electron chi connectivity index (χ2n) is 5.41. The Morgan fingerprint density at radius 2 is 2.25 bits per heavy atom. The summed E-state index contributed by atoms with van der Waals surface area (Å²) in [6, 6.07) is 5.07. The summed E-state index contributed by atoms with van der Waals surface area (Å²) in [7, 11) is 1.75. The van der Waals surface area contributed by atoms with E-state index in [9.17, 15) is 4.39 Å². The number of methoxy groups -OCH3 is 1. The third-order valence-electron chi connectivity index (χ3n) is 4.09. The molecule has 20 heavy (non-hydrogen) atoms. The number of fused-ring (bicyclic) bond motifs is 1. The summed E-state index contributed by atoms with van der Waals surface area (Å²) in [4.78, 5) is 4.52. The molecule has 0 saturated heterocycles. The Bertz CT molecular complexity index is 626. The Balaban J connectivity index is 2.10. The first-order valence-corrected chi connectivity index (χ1v) is 7.38. The normalized spacial score (nSPS) is 24.4. The number of hydrogen-bond donors (Lipinski definition) is 0. The topological polar surface area (TPSA) is 27.1 Å². The zero-order valence-corrected chi connectivity index (χ0v) is 12.4. The van der Waals surface area contributed by atoms with Crippen LogP contribution in [0.25, 0.3) is 11.0 Å². The van der Waals surface area contributed by atoms with E-state index in [0.29, 0.717) is 11.6 Å². The van der Waals surface area contributed by atoms with E-state index in [1.165, 1.54) is 12.1 Å². The van der Waals surface area contributed by atoms with Gasteiger partial charge in [-0.05, 0) is 38.3 Å². The minimum absolute atomic E-state index is 0.202. The van der Waals surface area contributed by atoms with Crippen LogP contribution in [0.1, 0.15) is 43.4 Å². The van der Waals surface area contributed by atoms with E-state index < -0.39 is 0 Å². The van der Waals surface area contributed by atoms with E-state index in [-0.39, 0.29) is 17.3 Å². The third kappa shape index (κ3) is 2.31. The van der Waals surface area contributed by atoms with Crippen LogP contribution in [0.15, 0.2) is 18.2 Å². The van der Waals surface area contributed by atoms with Gasteiger partial charge in [-0.15, -0.1) is 11.6 Å². The van der Waals surface area contributed by atoms with Gasteiger partial charge in [0.15, 0.2) is 0 Å². The molecule has 1 aromatic heterocycles. The van der Waals surface area contributed by atoms with Crippen molar-refractivity contribution in [2.75, 3.05) is 7.11 Å². The summed E-state index contributed by atoms with van der Waals surface area (Å²) in [6.07, 6.45) is 3.32. The van der Waals surface area contributed by atoms with Crippen LogP contribution in [0.2, 0.25) is 0 Å². The molecule has 1 aromatic carbocycles. The zero-order chi connectivity index (χ0) is 14.3. The Labute approximate surface area is 122 Å². The van der Waals surface area contributed by atoms with Gasteiger partial charge in [-0.3, -0.25) is 0 Å². The predicted molar refractivity (Wildman–Crippen MR) is 77.6 cm³/mol. The molecular formula is C15H18ClFN2O. The van der Waals surface area contributed by atoms with Gasteiger partial charge in [-0.2, -0.15) is 0 Å². The van der Waals surface area contributed by atoms with Crippen molar-refractivity contribution < 1.29 is 9.13 Å². The third-order valence-corrected chi connectivity index (χ3v) is 4.29. The number of aromatic nitrogens is 2. The van der Waals surface area contributed by atoms with E-state index in [4.69, 9.17) is 16.3 Å². The second kappa shape index (κ2) is 5.34. The van der Waals surface area contributed by atoms with Crippen molar-refractivity contribution in [3.05, 3.63) is 29.8 Å². The lowest BCUT2D eigenvalue weighted by Gasteiger charge is -2.18. The fourth-order valence-electron chi connectivity index (χ4n) is 3.12. The van der Waals surface area contributed by atoms with Crippen molar-refractivity contribution in [1.82, 2.24) is 9.55 Å². The number of imidazole rings is 1. The maximum atomic E-state index is 13.4. The maximum absolute atomic E-state index is 13.4. The van der Waals surface area contributed by atoms with Crippen molar-refractivity contribution in [2.24, 2.45) is 0 Å². The average molecular weight is 297 g/mol. The van der Waals surface area contributed by atoms with Crippen LogP contribution >= 0.6 is 11.6 Å². The lowest BCUT2D eigenvalue weighted by atomic mass is 10.2. The first-order valence-electron chi connectivity index (χ1n) is 6.94. The number of halogens is 2. The highest BCUT2D eigenvalue weighted by Crippen LogP contribution is 2.37. The van der Waals surface area contributed by atoms with Gasteiger partial charge in [0.1, 0.15) is 11.6 Å². The SMILES string of the molecule is COC1CCC(n2c(C(C)Cl)nc3cc(F)ccc32)C1. The van der Waals surface area contributed by atoms with Gasteiger partial charge in [-0.1, -0.05) is 0 Å². The second-order valence-corrected chi connectivity index (χ2v) is 6.07. The fraction of sp³-hybridized carbons (Fsp3) is 0.533. The lowest BCUT2D eigenvalue weighted by molar-refractivity contribution is 0.106. The Morgan fingerprint density at radius 1 is 1.45 bits per heavy atom. The van der Waals surface area contributed by atoms with Crippen molar-refractivity contribution in [1.29, 1.82) is 0 Å². The molecular weight excluding hydrogens is 279 g/mol. The Hall–Kier alpha value is -1.13. The zero-order valence-electron chi connectivity index (χ0n) is 11.6. The number of alkyl halides is 1. The van der Waals surface area contributed by atoms with Gasteiger partial charge >= 0.3 is 0 Å². The van der Waals surface area contributed by atoms with E-state index in [0.717, 1.165) is 30.6 Å². The number of ether oxygens (including phenoxy) is 1. The molecule has 0 amide bonds. The molecule has 108 valence electrons. The van der Waals surface area contributed by atoms with E-state index >= 15 is 0 Å². The molecule has 1 fully saturated rings. The molecule has 0 radical (unpaired) electrons. The fourth-order valence-corrected chi connectivity index (χ4v) is 3.27. The molecule has 3 rings (SSSR count). The minimum atomic E-state index is -0.267. The van der Waals surface area contributed by atoms with Crippen molar-refractivity contribution in [3.8, 4) is 0 Å². The number of hydrogen-bond acceptors (Lipinski definition) is 2. The van der Waals surface area contributed by atoms with Crippen molar-refractivity contribution >= 4 is 22.6 Å². The predicted octanol–water partition coefficient (Wildman–Crippen LogP) is 4.22. The van der Waals surface area contributed by atoms with E-state index in [1.807, 2.05) is 6.92 Å². The van der Waals surface area contributed by atoms with Crippen molar-refractivity contribution in [2.45, 2.75) is 43.7 Å². The maximum Gasteiger partial charge on any atom is 0.127 e. The van der Waals surface area contributed by atoms with Crippen LogP contribution in [-0.2, 0) is 4.74 Å². The molecule has 1 heterocycles. The summed E-state index contributed by atoms with van der Waals surface area (Å²) in [6.45, 7) is 1.90. The molecule has 0 bridgehead atoms. The molecule has 3 unspecified atom stereocenters. The Kier molecular flexibility index (Phi) is 3.69. The van der Waals surface area contributed by atoms with Gasteiger partial charge in [0.25, 0.3) is 0 Å². The highest BCUT2D eigenvalue weighted by atomic mass is 35.5. The van der Waals surface area contributed by atoms with Crippen molar-refractivity contribution in [3.63, 3.8) is 0 Å². The number of nitrogens with zero attached hydrogens (tertiary/aromatic N) is 2. The van der Waals surface area contributed by atoms with Crippen LogP contribution < -0.4 is 0 Å². The van der Waals surface area contributed by atoms with Gasteiger partial charge < -0.3 is 9.30 Å². The monoisotopic (exact) mass is 296 g/mol. The molecule has 1 saturated carbocycles. The van der Waals surface area contributed by atoms with Gasteiger partial charge in [0.05, 0.1) is 22.5 Å². The molecule has 1 aliphatic carbocycles. The molecule has 3 nitrogen and oxygen atoms in total. The van der Waals surface area contributed by atoms with Crippen LogP contribution in [0.3, 0.4) is 0 Å². The molecule has 0 spiro atoms. The highest BCUT2D eigenvalue weighted by Gasteiger charge is 2.29. The van der Waals surface area contributed by atoms with Crippen LogP contribution in [0.4, 0.5) is 4.39 Å². The smallest absolute Gasteiger partial charge is 0.127 e. The van der Waals surface area contributed by atoms with E-state index in [1.54, 1.807) is 13.2 Å². The first kappa shape index (κ1) is 13.8. The number of benzene rings is 1. The summed E-state index contributed by atoms with van der Waals surface area (Å²) >= 11 is 6.26. The minimum Gasteiger partial charge on any atom is -0.381 e. The molecule has 0 aliphatic heterocycles. The van der Waals surface area contributed by atoms with Gasteiger partial charge in [0, 0.05) is 19.2 Å². The van der Waals surface area contributed by atoms with Crippen LogP contribution in [0.5, 0.6) is 0 Å². The Morgan fingerprint density at radius 3 is 2.90 bits per heavy atom. The lowest BCUT2D eigenvalue weighted by Crippen LogP contribution is -2.12. The molecule has 1 aliphatic rings. The van der Waals surface area contributed by atoms with E-state index in [2.05, 4.69) is 9.55 Å². The number of rotatable bonds is 3. The molecule has 3 atom stereocenters. The standard InChI is InChI=1S/C15H18ClFN2O/c1-9(16)15-18-13-7-10(17)3-6-14(13)19(15)11-4-5-12(8-11)20-2/h3,6-7,9,11-12H,4-5,8H2,1-2H3. The van der Waals surface area contributed by atoms with Gasteiger partial charge in [-0.25, -0.2) is 9.37 Å². The molecule has 2 aromatic rings. The summed E-state index contributed by atoms with van der Waals surface area (Å²) in [5.41, 5.74) is 1.63. The van der Waals surface area contributed by atoms with Crippen LogP contribution in [0, 0.1) is 5.82 Å². The molecule has 5 heteroatoms. The molecule has 0 N–H and O–H groups in total. The first-order chi connectivity index (χ1) is 9.60. The van der Waals surface area contributed by atoms with Gasteiger partial charge in [0.2, 0.25) is 0 Å². The average Bonchev–Trinajstić information content (AvgIpc) is 3.00. The summed E-state index contributed by atoms with van der Waals surface area (Å²) in [5, 5.41) is -0.202. The summed E-state index contributed by atoms with van der Waals surface area (Å²) < 4.78 is 21.0. The van der Waals surface area contributed by atoms with Crippen LogP contribution in [-0.4, -0.2) is 22.8 Å².